The van der Waals surface area contributed by atoms with E-state index in [4.69, 9.17) is 12.2 Å². The average Bonchev–Trinajstić information content (AvgIpc) is 2.45. The summed E-state index contributed by atoms with van der Waals surface area (Å²) in [4.78, 5) is 2.57. The second kappa shape index (κ2) is 3.69. The number of H-pyrrole nitrogens is 1. The van der Waals surface area contributed by atoms with Crippen LogP contribution in [-0.2, 0) is 6.54 Å². The smallest absolute Gasteiger partial charge is 0.256 e. The second-order valence-electron chi connectivity index (χ2n) is 3.07. The fourth-order valence-corrected chi connectivity index (χ4v) is 1.74. The Balaban J connectivity index is 2.69. The molecule has 0 fully saturated rings. The summed E-state index contributed by atoms with van der Waals surface area (Å²) in [5.74, 6) is -0.494. The molecule has 0 atom stereocenters. The predicted octanol–water partition coefficient (Wildman–Crippen LogP) is 3.10. The zero-order valence-electron chi connectivity index (χ0n) is 7.51. The molecular formula is C9H7F3N2S. The Bertz CT molecular complexity index is 544. The number of imidazole rings is 1. The van der Waals surface area contributed by atoms with E-state index in [1.54, 1.807) is 6.07 Å². The van der Waals surface area contributed by atoms with Gasteiger partial charge in [-0.05, 0) is 24.4 Å². The number of rotatable bonds is 2. The normalized spacial score (nSPS) is 11.5. The summed E-state index contributed by atoms with van der Waals surface area (Å²) in [6.07, 6.45) is -2.51. The third kappa shape index (κ3) is 1.77. The maximum Gasteiger partial charge on any atom is 0.256 e. The molecule has 0 aliphatic heterocycles. The molecule has 0 radical (unpaired) electrons. The number of para-hydroxylation sites is 1. The zero-order chi connectivity index (χ0) is 11.0. The minimum atomic E-state index is -2.51. The summed E-state index contributed by atoms with van der Waals surface area (Å²) < 4.78 is 39.0. The molecular weight excluding hydrogens is 225 g/mol. The van der Waals surface area contributed by atoms with Crippen molar-refractivity contribution in [3.05, 3.63) is 28.8 Å². The van der Waals surface area contributed by atoms with E-state index in [0.717, 1.165) is 0 Å². The van der Waals surface area contributed by atoms with Gasteiger partial charge in [0.2, 0.25) is 0 Å². The molecule has 0 aliphatic carbocycles. The van der Waals surface area contributed by atoms with Crippen LogP contribution >= 0.6 is 12.2 Å². The summed E-state index contributed by atoms with van der Waals surface area (Å²) in [5, 5.41) is 0. The third-order valence-corrected chi connectivity index (χ3v) is 2.40. The Morgan fingerprint density at radius 3 is 2.80 bits per heavy atom. The Morgan fingerprint density at radius 2 is 2.13 bits per heavy atom. The molecule has 0 unspecified atom stereocenters. The lowest BCUT2D eigenvalue weighted by Gasteiger charge is -2.02. The molecule has 2 nitrogen and oxygen atoms in total. The average molecular weight is 232 g/mol. The number of aromatic nitrogens is 2. The number of halogens is 3. The van der Waals surface area contributed by atoms with Crippen LogP contribution in [0.5, 0.6) is 0 Å². The van der Waals surface area contributed by atoms with Crippen molar-refractivity contribution in [2.45, 2.75) is 13.0 Å². The van der Waals surface area contributed by atoms with Crippen LogP contribution in [0, 0.1) is 10.6 Å². The van der Waals surface area contributed by atoms with Crippen LogP contribution in [0.25, 0.3) is 11.0 Å². The summed E-state index contributed by atoms with van der Waals surface area (Å²) in [5.41, 5.74) is 0.531. The van der Waals surface area contributed by atoms with Crippen molar-refractivity contribution in [2.24, 2.45) is 0 Å². The maximum atomic E-state index is 13.2. The number of fused-ring (bicyclic) bond motifs is 1. The van der Waals surface area contributed by atoms with Crippen LogP contribution in [0.15, 0.2) is 18.2 Å². The fraction of sp³-hybridized carbons (Fsp3) is 0.222. The topological polar surface area (TPSA) is 20.7 Å². The Labute approximate surface area is 88.3 Å². The molecule has 80 valence electrons. The van der Waals surface area contributed by atoms with Gasteiger partial charge in [0.25, 0.3) is 6.43 Å². The van der Waals surface area contributed by atoms with Gasteiger partial charge in [-0.1, -0.05) is 6.07 Å². The first-order chi connectivity index (χ1) is 7.09. The van der Waals surface area contributed by atoms with Gasteiger partial charge in [-0.2, -0.15) is 0 Å². The fourth-order valence-electron chi connectivity index (χ4n) is 1.46. The molecule has 0 aliphatic rings. The van der Waals surface area contributed by atoms with E-state index < -0.39 is 18.8 Å². The van der Waals surface area contributed by atoms with Gasteiger partial charge in [0.1, 0.15) is 11.3 Å². The zero-order valence-corrected chi connectivity index (χ0v) is 8.32. The predicted molar refractivity (Wildman–Crippen MR) is 53.1 cm³/mol. The van der Waals surface area contributed by atoms with E-state index in [2.05, 4.69) is 4.98 Å². The van der Waals surface area contributed by atoms with E-state index in [1.165, 1.54) is 16.7 Å². The van der Waals surface area contributed by atoms with E-state index in [-0.39, 0.29) is 10.3 Å². The van der Waals surface area contributed by atoms with E-state index in [0.29, 0.717) is 5.52 Å². The molecule has 0 amide bonds. The van der Waals surface area contributed by atoms with Gasteiger partial charge < -0.3 is 9.55 Å². The minimum absolute atomic E-state index is 0.107. The molecule has 0 spiro atoms. The molecule has 1 aromatic heterocycles. The Morgan fingerprint density at radius 1 is 1.40 bits per heavy atom. The van der Waals surface area contributed by atoms with Crippen molar-refractivity contribution in [2.75, 3.05) is 0 Å². The molecule has 0 saturated heterocycles. The van der Waals surface area contributed by atoms with Crippen molar-refractivity contribution in [3.8, 4) is 0 Å². The SMILES string of the molecule is Fc1cccc2c1[nH]c(=S)n2CC(F)F. The Kier molecular flexibility index (Phi) is 2.52. The van der Waals surface area contributed by atoms with Crippen LogP contribution in [0.3, 0.4) is 0 Å². The van der Waals surface area contributed by atoms with E-state index >= 15 is 0 Å². The van der Waals surface area contributed by atoms with Crippen LogP contribution in [0.1, 0.15) is 0 Å². The second-order valence-corrected chi connectivity index (χ2v) is 3.45. The van der Waals surface area contributed by atoms with Crippen molar-refractivity contribution >= 4 is 23.3 Å². The van der Waals surface area contributed by atoms with Crippen molar-refractivity contribution < 1.29 is 13.2 Å². The summed E-state index contributed by atoms with van der Waals surface area (Å²) in [6, 6.07) is 4.26. The van der Waals surface area contributed by atoms with E-state index in [9.17, 15) is 13.2 Å². The first-order valence-electron chi connectivity index (χ1n) is 4.25. The molecule has 2 rings (SSSR count). The van der Waals surface area contributed by atoms with Crippen LogP contribution in [0.4, 0.5) is 13.2 Å². The van der Waals surface area contributed by atoms with Gasteiger partial charge in [0, 0.05) is 0 Å². The number of alkyl halides is 2. The first kappa shape index (κ1) is 10.2. The van der Waals surface area contributed by atoms with Gasteiger partial charge in [0.05, 0.1) is 12.1 Å². The van der Waals surface area contributed by atoms with Crippen molar-refractivity contribution in [1.29, 1.82) is 0 Å². The monoisotopic (exact) mass is 232 g/mol. The summed E-state index contributed by atoms with van der Waals surface area (Å²) in [6.45, 7) is -0.526. The molecule has 6 heteroatoms. The molecule has 0 bridgehead atoms. The van der Waals surface area contributed by atoms with Crippen molar-refractivity contribution in [1.82, 2.24) is 9.55 Å². The highest BCUT2D eigenvalue weighted by Gasteiger charge is 2.11. The highest BCUT2D eigenvalue weighted by atomic mass is 32.1. The molecule has 1 heterocycles. The van der Waals surface area contributed by atoms with Crippen LogP contribution < -0.4 is 0 Å². The lowest BCUT2D eigenvalue weighted by Crippen LogP contribution is -2.06. The summed E-state index contributed by atoms with van der Waals surface area (Å²) in [7, 11) is 0. The number of hydrogen-bond donors (Lipinski definition) is 1. The van der Waals surface area contributed by atoms with Crippen LogP contribution in [0.2, 0.25) is 0 Å². The van der Waals surface area contributed by atoms with Crippen molar-refractivity contribution in [3.63, 3.8) is 0 Å². The molecule has 15 heavy (non-hydrogen) atoms. The highest BCUT2D eigenvalue weighted by molar-refractivity contribution is 7.71. The number of aromatic amines is 1. The maximum absolute atomic E-state index is 13.2. The third-order valence-electron chi connectivity index (χ3n) is 2.08. The quantitative estimate of drug-likeness (QED) is 0.789. The van der Waals surface area contributed by atoms with Gasteiger partial charge in [-0.25, -0.2) is 13.2 Å². The number of hydrogen-bond acceptors (Lipinski definition) is 1. The lowest BCUT2D eigenvalue weighted by molar-refractivity contribution is 0.127. The number of nitrogens with one attached hydrogen (secondary N) is 1. The molecule has 1 aromatic carbocycles. The molecule has 0 saturated carbocycles. The standard InChI is InChI=1S/C9H7F3N2S/c10-5-2-1-3-6-8(5)13-9(15)14(6)4-7(11)12/h1-3,7H,4H2,(H,13,15). The molecule has 2 aromatic rings. The van der Waals surface area contributed by atoms with Gasteiger partial charge >= 0.3 is 0 Å². The molecule has 1 N–H and O–H groups in total. The summed E-state index contributed by atoms with van der Waals surface area (Å²) >= 11 is 4.84. The number of benzene rings is 1. The number of nitrogens with zero attached hydrogens (tertiary/aromatic N) is 1. The van der Waals surface area contributed by atoms with Gasteiger partial charge in [-0.15, -0.1) is 0 Å². The lowest BCUT2D eigenvalue weighted by atomic mass is 10.3. The van der Waals surface area contributed by atoms with Gasteiger partial charge in [-0.3, -0.25) is 0 Å². The van der Waals surface area contributed by atoms with Gasteiger partial charge in [0.15, 0.2) is 4.77 Å². The van der Waals surface area contributed by atoms with Crippen LogP contribution in [-0.4, -0.2) is 16.0 Å². The first-order valence-corrected chi connectivity index (χ1v) is 4.65. The largest absolute Gasteiger partial charge is 0.328 e. The highest BCUT2D eigenvalue weighted by Crippen LogP contribution is 2.18. The minimum Gasteiger partial charge on any atom is -0.328 e. The Hall–Kier alpha value is -1.30. The van der Waals surface area contributed by atoms with E-state index in [1.807, 2.05) is 0 Å².